The molecule has 0 spiro atoms. The van der Waals surface area contributed by atoms with Gasteiger partial charge in [-0.25, -0.2) is 4.98 Å². The first-order valence-electron chi connectivity index (χ1n) is 9.51. The highest BCUT2D eigenvalue weighted by atomic mass is 16.7. The van der Waals surface area contributed by atoms with E-state index in [1.165, 1.54) is 10.6 Å². The highest BCUT2D eigenvalue weighted by molar-refractivity contribution is 5.91. The quantitative estimate of drug-likeness (QED) is 0.675. The van der Waals surface area contributed by atoms with E-state index in [0.29, 0.717) is 28.8 Å². The number of nitrogens with one attached hydrogen (secondary N) is 2. The molecule has 1 amide bonds. The molecule has 4 rings (SSSR count). The summed E-state index contributed by atoms with van der Waals surface area (Å²) < 4.78 is 11.9. The van der Waals surface area contributed by atoms with Crippen molar-refractivity contribution in [2.75, 3.05) is 17.4 Å². The fourth-order valence-electron chi connectivity index (χ4n) is 3.36. The van der Waals surface area contributed by atoms with Crippen molar-refractivity contribution in [2.45, 2.75) is 27.3 Å². The normalized spacial score (nSPS) is 12.0. The Hall–Kier alpha value is -3.81. The summed E-state index contributed by atoms with van der Waals surface area (Å²) in [4.78, 5) is 29.7. The Labute approximate surface area is 173 Å². The summed E-state index contributed by atoms with van der Waals surface area (Å²) in [5.74, 6) is 1.15. The zero-order chi connectivity index (χ0) is 21.3. The van der Waals surface area contributed by atoms with Gasteiger partial charge in [0.15, 0.2) is 11.5 Å². The molecule has 0 saturated heterocycles. The third-order valence-corrected chi connectivity index (χ3v) is 4.57. The molecule has 0 unspecified atom stereocenters. The van der Waals surface area contributed by atoms with Crippen LogP contribution in [0.5, 0.6) is 11.5 Å². The number of aryl methyl sites for hydroxylation is 3. The predicted octanol–water partition coefficient (Wildman–Crippen LogP) is 3.28. The maximum absolute atomic E-state index is 12.6. The largest absolute Gasteiger partial charge is 0.454 e. The molecule has 0 atom stereocenters. The third-order valence-electron chi connectivity index (χ3n) is 4.57. The lowest BCUT2D eigenvalue weighted by Crippen LogP contribution is -2.30. The van der Waals surface area contributed by atoms with Crippen LogP contribution in [0.2, 0.25) is 0 Å². The van der Waals surface area contributed by atoms with Crippen LogP contribution in [0.15, 0.2) is 47.3 Å². The summed E-state index contributed by atoms with van der Waals surface area (Å²) in [5.41, 5.74) is 3.78. The molecule has 154 valence electrons. The van der Waals surface area contributed by atoms with Crippen molar-refractivity contribution < 1.29 is 14.3 Å². The number of carbonyl (C=O) groups excluding carboxylic acids is 1. The van der Waals surface area contributed by atoms with Crippen LogP contribution in [0.4, 0.5) is 17.3 Å². The van der Waals surface area contributed by atoms with Crippen LogP contribution in [0, 0.1) is 20.8 Å². The molecule has 2 heterocycles. The van der Waals surface area contributed by atoms with E-state index in [4.69, 9.17) is 9.47 Å². The number of ether oxygens (including phenoxy) is 2. The van der Waals surface area contributed by atoms with Gasteiger partial charge in [-0.1, -0.05) is 6.07 Å². The molecule has 3 aromatic rings. The van der Waals surface area contributed by atoms with Gasteiger partial charge < -0.3 is 20.1 Å². The van der Waals surface area contributed by atoms with E-state index < -0.39 is 0 Å². The number of nitrogens with zero attached hydrogens (tertiary/aromatic N) is 2. The molecule has 1 aliphatic heterocycles. The standard InChI is InChI=1S/C22H22N4O4/c1-13-6-14(2)8-17(7-13)25-22-23-15(3)9-21(28)26(22)11-20(27)24-16-4-5-18-19(10-16)30-12-29-18/h4-10H,11-12H2,1-3H3,(H,23,25)(H,24,27). The van der Waals surface area contributed by atoms with Gasteiger partial charge in [0.05, 0.1) is 0 Å². The van der Waals surface area contributed by atoms with E-state index in [9.17, 15) is 9.59 Å². The molecule has 0 saturated carbocycles. The summed E-state index contributed by atoms with van der Waals surface area (Å²) in [6, 6.07) is 12.5. The number of hydrogen-bond acceptors (Lipinski definition) is 6. The molecule has 0 fully saturated rings. The second-order valence-electron chi connectivity index (χ2n) is 7.26. The van der Waals surface area contributed by atoms with Gasteiger partial charge in [-0.15, -0.1) is 0 Å². The van der Waals surface area contributed by atoms with Gasteiger partial charge in [0.2, 0.25) is 18.6 Å². The van der Waals surface area contributed by atoms with Crippen LogP contribution in [0.3, 0.4) is 0 Å². The lowest BCUT2D eigenvalue weighted by Gasteiger charge is -2.15. The summed E-state index contributed by atoms with van der Waals surface area (Å²) in [6.07, 6.45) is 0. The first-order valence-corrected chi connectivity index (χ1v) is 9.51. The highest BCUT2D eigenvalue weighted by Crippen LogP contribution is 2.34. The van der Waals surface area contributed by atoms with Crippen molar-refractivity contribution in [3.05, 3.63) is 69.6 Å². The summed E-state index contributed by atoms with van der Waals surface area (Å²) in [6.45, 7) is 5.70. The molecular weight excluding hydrogens is 384 g/mol. The maximum atomic E-state index is 12.6. The van der Waals surface area contributed by atoms with E-state index in [1.807, 2.05) is 26.0 Å². The Morgan fingerprint density at radius 2 is 1.73 bits per heavy atom. The number of carbonyl (C=O) groups is 1. The Morgan fingerprint density at radius 1 is 1.00 bits per heavy atom. The topological polar surface area (TPSA) is 94.5 Å². The van der Waals surface area contributed by atoms with Gasteiger partial charge >= 0.3 is 0 Å². The molecule has 0 radical (unpaired) electrons. The van der Waals surface area contributed by atoms with Crippen LogP contribution in [-0.2, 0) is 11.3 Å². The van der Waals surface area contributed by atoms with E-state index in [1.54, 1.807) is 25.1 Å². The van der Waals surface area contributed by atoms with E-state index >= 15 is 0 Å². The molecule has 0 bridgehead atoms. The summed E-state index contributed by atoms with van der Waals surface area (Å²) in [7, 11) is 0. The molecule has 0 aliphatic carbocycles. The van der Waals surface area contributed by atoms with Gasteiger partial charge in [-0.2, -0.15) is 0 Å². The smallest absolute Gasteiger partial charge is 0.255 e. The first-order chi connectivity index (χ1) is 14.4. The molecule has 30 heavy (non-hydrogen) atoms. The van der Waals surface area contributed by atoms with Gasteiger partial charge in [-0.3, -0.25) is 14.2 Å². The van der Waals surface area contributed by atoms with Crippen molar-refractivity contribution in [1.29, 1.82) is 0 Å². The monoisotopic (exact) mass is 406 g/mol. The second-order valence-corrected chi connectivity index (χ2v) is 7.26. The van der Waals surface area contributed by atoms with Crippen molar-refractivity contribution in [3.63, 3.8) is 0 Å². The second kappa shape index (κ2) is 7.90. The van der Waals surface area contributed by atoms with Crippen LogP contribution in [-0.4, -0.2) is 22.3 Å². The minimum atomic E-state index is -0.356. The predicted molar refractivity (Wildman–Crippen MR) is 114 cm³/mol. The Bertz CT molecular complexity index is 1170. The number of fused-ring (bicyclic) bond motifs is 1. The molecule has 1 aromatic heterocycles. The zero-order valence-corrected chi connectivity index (χ0v) is 17.0. The van der Waals surface area contributed by atoms with Crippen LogP contribution in [0.1, 0.15) is 16.8 Å². The SMILES string of the molecule is Cc1cc(C)cc(Nc2nc(C)cc(=O)n2CC(=O)Nc2ccc3c(c2)OCO3)c1. The lowest BCUT2D eigenvalue weighted by molar-refractivity contribution is -0.116. The molecule has 2 N–H and O–H groups in total. The Balaban J connectivity index is 1.57. The van der Waals surface area contributed by atoms with Gasteiger partial charge in [0, 0.05) is 29.2 Å². The van der Waals surface area contributed by atoms with Crippen molar-refractivity contribution in [3.8, 4) is 11.5 Å². The summed E-state index contributed by atoms with van der Waals surface area (Å²) in [5, 5.41) is 5.96. The molecule has 2 aromatic carbocycles. The van der Waals surface area contributed by atoms with Crippen molar-refractivity contribution in [2.24, 2.45) is 0 Å². The van der Waals surface area contributed by atoms with Gasteiger partial charge in [0.1, 0.15) is 6.54 Å². The number of anilines is 3. The number of hydrogen-bond donors (Lipinski definition) is 2. The minimum Gasteiger partial charge on any atom is -0.454 e. The molecule has 1 aliphatic rings. The fraction of sp³-hybridized carbons (Fsp3) is 0.227. The van der Waals surface area contributed by atoms with Gasteiger partial charge in [-0.05, 0) is 56.2 Å². The fourth-order valence-corrected chi connectivity index (χ4v) is 3.36. The zero-order valence-electron chi connectivity index (χ0n) is 17.0. The third kappa shape index (κ3) is 4.27. The van der Waals surface area contributed by atoms with Crippen molar-refractivity contribution >= 4 is 23.2 Å². The number of amides is 1. The lowest BCUT2D eigenvalue weighted by atomic mass is 10.1. The summed E-state index contributed by atoms with van der Waals surface area (Å²) >= 11 is 0. The number of aromatic nitrogens is 2. The number of rotatable bonds is 5. The van der Waals surface area contributed by atoms with Crippen molar-refractivity contribution in [1.82, 2.24) is 9.55 Å². The van der Waals surface area contributed by atoms with E-state index in [-0.39, 0.29) is 24.8 Å². The number of benzene rings is 2. The Kier molecular flexibility index (Phi) is 5.14. The van der Waals surface area contributed by atoms with Gasteiger partial charge in [0.25, 0.3) is 5.56 Å². The molecular formula is C22H22N4O4. The average molecular weight is 406 g/mol. The highest BCUT2D eigenvalue weighted by Gasteiger charge is 2.16. The van der Waals surface area contributed by atoms with Crippen LogP contribution < -0.4 is 25.7 Å². The Morgan fingerprint density at radius 3 is 2.50 bits per heavy atom. The first kappa shape index (κ1) is 19.5. The maximum Gasteiger partial charge on any atom is 0.255 e. The molecule has 8 heteroatoms. The van der Waals surface area contributed by atoms with Crippen LogP contribution >= 0.6 is 0 Å². The minimum absolute atomic E-state index is 0.157. The van der Waals surface area contributed by atoms with Crippen LogP contribution in [0.25, 0.3) is 0 Å². The average Bonchev–Trinajstić information content (AvgIpc) is 3.11. The molecule has 8 nitrogen and oxygen atoms in total. The van der Waals surface area contributed by atoms with E-state index in [2.05, 4.69) is 21.7 Å². The van der Waals surface area contributed by atoms with E-state index in [0.717, 1.165) is 16.8 Å².